The van der Waals surface area contributed by atoms with Crippen molar-refractivity contribution >= 4 is 16.8 Å². The first-order valence-electron chi connectivity index (χ1n) is 9.30. The van der Waals surface area contributed by atoms with Crippen molar-refractivity contribution in [3.63, 3.8) is 0 Å². The van der Waals surface area contributed by atoms with Gasteiger partial charge in [-0.1, -0.05) is 30.3 Å². The maximum atomic E-state index is 12.7. The second kappa shape index (κ2) is 7.24. The predicted octanol–water partition coefficient (Wildman–Crippen LogP) is 4.13. The van der Waals surface area contributed by atoms with Crippen molar-refractivity contribution in [1.29, 1.82) is 0 Å². The Morgan fingerprint density at radius 3 is 2.81 bits per heavy atom. The lowest BCUT2D eigenvalue weighted by Crippen LogP contribution is -2.29. The van der Waals surface area contributed by atoms with Crippen LogP contribution in [0.5, 0.6) is 5.75 Å². The zero-order chi connectivity index (χ0) is 17.9. The number of aromatic amines is 1. The number of para-hydroxylation sites is 1. The SMILES string of the molecule is CCOc1ccc(CC(=O)N2CCC(c3c[nH]c4ccccc34)C2)cc1. The highest BCUT2D eigenvalue weighted by Crippen LogP contribution is 2.32. The second-order valence-corrected chi connectivity index (χ2v) is 6.87. The Morgan fingerprint density at radius 1 is 1.19 bits per heavy atom. The fourth-order valence-electron chi connectivity index (χ4n) is 3.83. The summed E-state index contributed by atoms with van der Waals surface area (Å²) in [5, 5.41) is 1.28. The molecule has 1 aliphatic rings. The highest BCUT2D eigenvalue weighted by Gasteiger charge is 2.28. The van der Waals surface area contributed by atoms with Gasteiger partial charge in [-0.25, -0.2) is 0 Å². The number of benzene rings is 2. The Labute approximate surface area is 153 Å². The zero-order valence-electron chi connectivity index (χ0n) is 15.1. The van der Waals surface area contributed by atoms with E-state index >= 15 is 0 Å². The molecular weight excluding hydrogens is 324 g/mol. The summed E-state index contributed by atoms with van der Waals surface area (Å²) in [5.74, 6) is 1.47. The number of likely N-dealkylation sites (tertiary alicyclic amines) is 1. The Hall–Kier alpha value is -2.75. The zero-order valence-corrected chi connectivity index (χ0v) is 15.1. The topological polar surface area (TPSA) is 45.3 Å². The van der Waals surface area contributed by atoms with E-state index in [1.165, 1.54) is 16.5 Å². The molecule has 1 N–H and O–H groups in total. The van der Waals surface area contributed by atoms with Crippen LogP contribution in [-0.4, -0.2) is 35.5 Å². The standard InChI is InChI=1S/C22H24N2O2/c1-2-26-18-9-7-16(8-10-18)13-22(25)24-12-11-17(15-24)20-14-23-21-6-4-3-5-19(20)21/h3-10,14,17,23H,2,11-13,15H2,1H3. The van der Waals surface area contributed by atoms with Crippen LogP contribution in [0.4, 0.5) is 0 Å². The smallest absolute Gasteiger partial charge is 0.227 e. The van der Waals surface area contributed by atoms with E-state index in [0.29, 0.717) is 18.9 Å². The molecule has 1 saturated heterocycles. The largest absolute Gasteiger partial charge is 0.494 e. The lowest BCUT2D eigenvalue weighted by molar-refractivity contribution is -0.129. The third kappa shape index (κ3) is 3.32. The second-order valence-electron chi connectivity index (χ2n) is 6.87. The number of fused-ring (bicyclic) bond motifs is 1. The third-order valence-electron chi connectivity index (χ3n) is 5.19. The normalized spacial score (nSPS) is 17.0. The van der Waals surface area contributed by atoms with Crippen LogP contribution in [-0.2, 0) is 11.2 Å². The summed E-state index contributed by atoms with van der Waals surface area (Å²) in [4.78, 5) is 18.0. The number of carbonyl (C=O) groups is 1. The van der Waals surface area contributed by atoms with Gasteiger partial charge in [0.2, 0.25) is 5.91 Å². The summed E-state index contributed by atoms with van der Waals surface area (Å²) in [7, 11) is 0. The first kappa shape index (κ1) is 16.7. The van der Waals surface area contributed by atoms with Gasteiger partial charge >= 0.3 is 0 Å². The van der Waals surface area contributed by atoms with Gasteiger partial charge in [0.25, 0.3) is 0 Å². The molecule has 1 aliphatic heterocycles. The van der Waals surface area contributed by atoms with Gasteiger partial charge in [-0.3, -0.25) is 4.79 Å². The minimum absolute atomic E-state index is 0.205. The number of rotatable bonds is 5. The van der Waals surface area contributed by atoms with Gasteiger partial charge in [-0.05, 0) is 42.7 Å². The van der Waals surface area contributed by atoms with Crippen molar-refractivity contribution < 1.29 is 9.53 Å². The first-order valence-corrected chi connectivity index (χ1v) is 9.30. The molecule has 2 aromatic carbocycles. The molecule has 1 fully saturated rings. The molecular formula is C22H24N2O2. The molecule has 4 nitrogen and oxygen atoms in total. The van der Waals surface area contributed by atoms with Crippen LogP contribution < -0.4 is 4.74 Å². The number of ether oxygens (including phenoxy) is 1. The minimum atomic E-state index is 0.205. The summed E-state index contributed by atoms with van der Waals surface area (Å²) in [5.41, 5.74) is 3.53. The average molecular weight is 348 g/mol. The highest BCUT2D eigenvalue weighted by molar-refractivity contribution is 5.84. The van der Waals surface area contributed by atoms with Crippen LogP contribution >= 0.6 is 0 Å². The van der Waals surface area contributed by atoms with Gasteiger partial charge in [-0.2, -0.15) is 0 Å². The molecule has 3 aromatic rings. The Bertz CT molecular complexity index is 898. The van der Waals surface area contributed by atoms with Crippen molar-refractivity contribution in [1.82, 2.24) is 9.88 Å². The maximum Gasteiger partial charge on any atom is 0.227 e. The van der Waals surface area contributed by atoms with Gasteiger partial charge in [0.1, 0.15) is 5.75 Å². The molecule has 134 valence electrons. The van der Waals surface area contributed by atoms with E-state index in [1.807, 2.05) is 42.2 Å². The molecule has 0 bridgehead atoms. The van der Waals surface area contributed by atoms with Crippen molar-refractivity contribution in [2.45, 2.75) is 25.7 Å². The van der Waals surface area contributed by atoms with Crippen LogP contribution in [0, 0.1) is 0 Å². The molecule has 2 heterocycles. The fourth-order valence-corrected chi connectivity index (χ4v) is 3.83. The molecule has 4 rings (SSSR count). The Balaban J connectivity index is 1.41. The molecule has 0 radical (unpaired) electrons. The number of nitrogens with one attached hydrogen (secondary N) is 1. The molecule has 0 spiro atoms. The number of amides is 1. The quantitative estimate of drug-likeness (QED) is 0.754. The van der Waals surface area contributed by atoms with Crippen molar-refractivity contribution in [3.8, 4) is 5.75 Å². The van der Waals surface area contributed by atoms with E-state index in [0.717, 1.165) is 30.8 Å². The number of aromatic nitrogens is 1. The number of hydrogen-bond acceptors (Lipinski definition) is 2. The van der Waals surface area contributed by atoms with Crippen molar-refractivity contribution in [3.05, 3.63) is 65.9 Å². The van der Waals surface area contributed by atoms with Gasteiger partial charge in [0.15, 0.2) is 0 Å². The molecule has 0 saturated carbocycles. The van der Waals surface area contributed by atoms with Crippen LogP contribution in [0.3, 0.4) is 0 Å². The van der Waals surface area contributed by atoms with Gasteiger partial charge in [0, 0.05) is 36.1 Å². The van der Waals surface area contributed by atoms with Crippen LogP contribution in [0.2, 0.25) is 0 Å². The molecule has 1 unspecified atom stereocenters. The molecule has 26 heavy (non-hydrogen) atoms. The summed E-state index contributed by atoms with van der Waals surface area (Å²) in [6, 6.07) is 16.2. The van der Waals surface area contributed by atoms with Gasteiger partial charge in [0.05, 0.1) is 13.0 Å². The van der Waals surface area contributed by atoms with Crippen LogP contribution in [0.15, 0.2) is 54.7 Å². The predicted molar refractivity (Wildman–Crippen MR) is 104 cm³/mol. The number of nitrogens with zero attached hydrogens (tertiary/aromatic N) is 1. The maximum absolute atomic E-state index is 12.7. The summed E-state index contributed by atoms with van der Waals surface area (Å²) in [6.45, 7) is 4.26. The Morgan fingerprint density at radius 2 is 2.00 bits per heavy atom. The molecule has 1 aromatic heterocycles. The number of hydrogen-bond donors (Lipinski definition) is 1. The van der Waals surface area contributed by atoms with Crippen molar-refractivity contribution in [2.75, 3.05) is 19.7 Å². The molecule has 4 heteroatoms. The van der Waals surface area contributed by atoms with E-state index in [2.05, 4.69) is 29.4 Å². The van der Waals surface area contributed by atoms with E-state index in [9.17, 15) is 4.79 Å². The van der Waals surface area contributed by atoms with Crippen LogP contribution in [0.25, 0.3) is 10.9 Å². The summed E-state index contributed by atoms with van der Waals surface area (Å²) < 4.78 is 5.46. The fraction of sp³-hybridized carbons (Fsp3) is 0.318. The van der Waals surface area contributed by atoms with E-state index in [4.69, 9.17) is 4.74 Å². The number of carbonyl (C=O) groups excluding carboxylic acids is 1. The molecule has 1 amide bonds. The minimum Gasteiger partial charge on any atom is -0.494 e. The highest BCUT2D eigenvalue weighted by atomic mass is 16.5. The lowest BCUT2D eigenvalue weighted by Gasteiger charge is -2.17. The van der Waals surface area contributed by atoms with Gasteiger partial charge in [-0.15, -0.1) is 0 Å². The van der Waals surface area contributed by atoms with E-state index in [-0.39, 0.29) is 5.91 Å². The third-order valence-corrected chi connectivity index (χ3v) is 5.19. The Kier molecular flexibility index (Phi) is 4.65. The van der Waals surface area contributed by atoms with Gasteiger partial charge < -0.3 is 14.6 Å². The van der Waals surface area contributed by atoms with E-state index < -0.39 is 0 Å². The van der Waals surface area contributed by atoms with E-state index in [1.54, 1.807) is 0 Å². The van der Waals surface area contributed by atoms with Crippen molar-refractivity contribution in [2.24, 2.45) is 0 Å². The lowest BCUT2D eigenvalue weighted by atomic mass is 9.98. The summed E-state index contributed by atoms with van der Waals surface area (Å²) >= 11 is 0. The van der Waals surface area contributed by atoms with Crippen LogP contribution in [0.1, 0.15) is 30.4 Å². The average Bonchev–Trinajstić information content (AvgIpc) is 3.30. The first-order chi connectivity index (χ1) is 12.7. The summed E-state index contributed by atoms with van der Waals surface area (Å²) in [6.07, 6.45) is 3.58. The monoisotopic (exact) mass is 348 g/mol. The number of H-pyrrole nitrogens is 1. The molecule has 1 atom stereocenters. The molecule has 0 aliphatic carbocycles.